The fourth-order valence-electron chi connectivity index (χ4n) is 3.25. The van der Waals surface area contributed by atoms with Crippen LogP contribution in [-0.2, 0) is 11.3 Å². The molecular weight excluding hydrogens is 322 g/mol. The Balaban J connectivity index is 1.66. The number of nitrogens with one attached hydrogen (secondary N) is 2. The Labute approximate surface area is 144 Å². The quantitative estimate of drug-likeness (QED) is 0.903. The maximum atomic E-state index is 12.9. The smallest absolute Gasteiger partial charge is 0.319 e. The number of thiophene rings is 1. The highest BCUT2D eigenvalue weighted by Gasteiger charge is 2.40. The summed E-state index contributed by atoms with van der Waals surface area (Å²) in [7, 11) is 0. The lowest BCUT2D eigenvalue weighted by atomic mass is 9.95. The van der Waals surface area contributed by atoms with Gasteiger partial charge in [0.2, 0.25) is 0 Å². The van der Waals surface area contributed by atoms with Crippen LogP contribution < -0.4 is 10.6 Å². The molecule has 1 aromatic carbocycles. The first kappa shape index (κ1) is 15.0. The number of benzene rings is 1. The molecule has 0 unspecified atom stereocenters. The van der Waals surface area contributed by atoms with E-state index in [0.717, 1.165) is 16.0 Å². The van der Waals surface area contributed by atoms with Crippen molar-refractivity contribution in [1.29, 1.82) is 0 Å². The normalized spacial score (nSPS) is 20.0. The molecule has 0 bridgehead atoms. The average molecular weight is 339 g/mol. The number of hydrogen-bond donors (Lipinski definition) is 2. The number of aryl methyl sites for hydroxylation is 1. The van der Waals surface area contributed by atoms with E-state index in [1.165, 1.54) is 0 Å². The molecule has 0 spiro atoms. The lowest BCUT2D eigenvalue weighted by Crippen LogP contribution is -2.44. The predicted molar refractivity (Wildman–Crippen MR) is 92.3 cm³/mol. The van der Waals surface area contributed by atoms with Gasteiger partial charge in [-0.1, -0.05) is 35.9 Å². The lowest BCUT2D eigenvalue weighted by molar-refractivity contribution is -0.126. The van der Waals surface area contributed by atoms with Crippen LogP contribution in [0.1, 0.15) is 22.0 Å². The van der Waals surface area contributed by atoms with E-state index in [1.807, 2.05) is 48.7 Å². The Hall–Kier alpha value is -2.60. The summed E-state index contributed by atoms with van der Waals surface area (Å²) in [5.74, 6) is -0.0163. The van der Waals surface area contributed by atoms with E-state index in [0.29, 0.717) is 24.4 Å². The molecule has 122 valence electrons. The summed E-state index contributed by atoms with van der Waals surface area (Å²) in [5, 5.41) is 7.69. The molecule has 0 aliphatic carbocycles. The summed E-state index contributed by atoms with van der Waals surface area (Å²) >= 11 is 1.63. The van der Waals surface area contributed by atoms with Gasteiger partial charge in [0.25, 0.3) is 5.91 Å². The monoisotopic (exact) mass is 339 g/mol. The topological polar surface area (TPSA) is 61.4 Å². The number of nitrogens with zero attached hydrogens (tertiary/aromatic N) is 1. The summed E-state index contributed by atoms with van der Waals surface area (Å²) in [6, 6.07) is 11.2. The molecule has 6 heteroatoms. The Bertz CT molecular complexity index is 842. The van der Waals surface area contributed by atoms with Crippen LogP contribution in [0.25, 0.3) is 0 Å². The molecule has 0 saturated heterocycles. The van der Waals surface area contributed by atoms with E-state index in [1.54, 1.807) is 16.2 Å². The fraction of sp³-hybridized carbons (Fsp3) is 0.222. The minimum Gasteiger partial charge on any atom is -0.328 e. The number of carbonyl (C=O) groups is 2. The largest absolute Gasteiger partial charge is 0.328 e. The molecule has 24 heavy (non-hydrogen) atoms. The van der Waals surface area contributed by atoms with Crippen molar-refractivity contribution in [3.63, 3.8) is 0 Å². The van der Waals surface area contributed by atoms with Crippen LogP contribution in [0.5, 0.6) is 0 Å². The van der Waals surface area contributed by atoms with Gasteiger partial charge in [-0.15, -0.1) is 11.3 Å². The van der Waals surface area contributed by atoms with Gasteiger partial charge in [0.05, 0.1) is 30.4 Å². The Morgan fingerprint density at radius 3 is 2.88 bits per heavy atom. The van der Waals surface area contributed by atoms with Crippen molar-refractivity contribution in [2.75, 3.05) is 6.54 Å². The Morgan fingerprint density at radius 2 is 2.12 bits per heavy atom. The first-order chi connectivity index (χ1) is 11.6. The second-order valence-electron chi connectivity index (χ2n) is 6.08. The highest BCUT2D eigenvalue weighted by molar-refractivity contribution is 7.09. The second-order valence-corrected chi connectivity index (χ2v) is 7.11. The number of amides is 3. The maximum absolute atomic E-state index is 12.9. The van der Waals surface area contributed by atoms with Gasteiger partial charge in [-0.05, 0) is 23.9 Å². The predicted octanol–water partition coefficient (Wildman–Crippen LogP) is 2.71. The summed E-state index contributed by atoms with van der Waals surface area (Å²) in [6.45, 7) is 3.02. The summed E-state index contributed by atoms with van der Waals surface area (Å²) in [5.41, 5.74) is 3.40. The lowest BCUT2D eigenvalue weighted by Gasteiger charge is -2.25. The third-order valence-electron chi connectivity index (χ3n) is 4.32. The van der Waals surface area contributed by atoms with Crippen LogP contribution in [0.4, 0.5) is 4.79 Å². The molecule has 3 heterocycles. The standard InChI is InChI=1S/C18H17N3O2S/c1-11-4-2-5-12(8-11)16-15-14(19-18(23)20-16)10-21(17(15)22)9-13-6-3-7-24-13/h2-8,16H,9-10H2,1H3,(H2,19,20,23)/t16-/m0/s1. The zero-order valence-corrected chi connectivity index (χ0v) is 14.0. The van der Waals surface area contributed by atoms with Crippen molar-refractivity contribution in [3.05, 3.63) is 69.1 Å². The third kappa shape index (κ3) is 2.59. The maximum Gasteiger partial charge on any atom is 0.319 e. The number of urea groups is 1. The molecule has 0 saturated carbocycles. The molecule has 2 aliphatic heterocycles. The van der Waals surface area contributed by atoms with Crippen molar-refractivity contribution in [2.24, 2.45) is 0 Å². The van der Waals surface area contributed by atoms with Gasteiger partial charge in [0.1, 0.15) is 0 Å². The molecule has 2 aliphatic rings. The van der Waals surface area contributed by atoms with E-state index in [2.05, 4.69) is 10.6 Å². The first-order valence-electron chi connectivity index (χ1n) is 7.80. The van der Waals surface area contributed by atoms with Gasteiger partial charge in [-0.25, -0.2) is 4.79 Å². The second kappa shape index (κ2) is 5.79. The van der Waals surface area contributed by atoms with Gasteiger partial charge < -0.3 is 15.5 Å². The van der Waals surface area contributed by atoms with Crippen LogP contribution in [-0.4, -0.2) is 23.4 Å². The third-order valence-corrected chi connectivity index (χ3v) is 5.18. The van der Waals surface area contributed by atoms with Gasteiger partial charge in [0, 0.05) is 4.88 Å². The van der Waals surface area contributed by atoms with Crippen LogP contribution in [0.3, 0.4) is 0 Å². The average Bonchev–Trinajstić information content (AvgIpc) is 3.16. The summed E-state index contributed by atoms with van der Waals surface area (Å²) in [6.07, 6.45) is 0. The molecule has 1 atom stereocenters. The van der Waals surface area contributed by atoms with Gasteiger partial charge in [-0.2, -0.15) is 0 Å². The van der Waals surface area contributed by atoms with Gasteiger partial charge in [0.15, 0.2) is 0 Å². The van der Waals surface area contributed by atoms with Crippen LogP contribution in [0.2, 0.25) is 0 Å². The minimum atomic E-state index is -0.394. The van der Waals surface area contributed by atoms with Crippen molar-refractivity contribution in [3.8, 4) is 0 Å². The van der Waals surface area contributed by atoms with Crippen LogP contribution >= 0.6 is 11.3 Å². The molecule has 2 aromatic rings. The Kier molecular flexibility index (Phi) is 3.61. The molecule has 5 nitrogen and oxygen atoms in total. The van der Waals surface area contributed by atoms with E-state index in [-0.39, 0.29) is 11.9 Å². The van der Waals surface area contributed by atoms with Crippen LogP contribution in [0, 0.1) is 6.92 Å². The fourth-order valence-corrected chi connectivity index (χ4v) is 3.97. The number of carbonyl (C=O) groups excluding carboxylic acids is 2. The molecule has 2 N–H and O–H groups in total. The van der Waals surface area contributed by atoms with Crippen molar-refractivity contribution < 1.29 is 9.59 Å². The zero-order valence-electron chi connectivity index (χ0n) is 13.2. The highest BCUT2D eigenvalue weighted by Crippen LogP contribution is 2.33. The summed E-state index contributed by atoms with van der Waals surface area (Å²) in [4.78, 5) is 27.9. The molecule has 3 amide bonds. The SMILES string of the molecule is Cc1cccc([C@@H]2NC(=O)NC3=C2C(=O)N(Cc2cccs2)C3)c1. The van der Waals surface area contributed by atoms with Crippen molar-refractivity contribution in [2.45, 2.75) is 19.5 Å². The van der Waals surface area contributed by atoms with Gasteiger partial charge in [-0.3, -0.25) is 4.79 Å². The molecule has 0 radical (unpaired) electrons. The van der Waals surface area contributed by atoms with E-state index in [9.17, 15) is 9.59 Å². The number of rotatable bonds is 3. The van der Waals surface area contributed by atoms with E-state index < -0.39 is 6.04 Å². The molecule has 1 aromatic heterocycles. The van der Waals surface area contributed by atoms with Crippen molar-refractivity contribution >= 4 is 23.3 Å². The summed E-state index contributed by atoms with van der Waals surface area (Å²) < 4.78 is 0. The number of hydrogen-bond acceptors (Lipinski definition) is 3. The molecular formula is C18H17N3O2S. The molecule has 0 fully saturated rings. The Morgan fingerprint density at radius 1 is 1.25 bits per heavy atom. The molecule has 4 rings (SSSR count). The first-order valence-corrected chi connectivity index (χ1v) is 8.68. The minimum absolute atomic E-state index is 0.0163. The highest BCUT2D eigenvalue weighted by atomic mass is 32.1. The van der Waals surface area contributed by atoms with E-state index in [4.69, 9.17) is 0 Å². The van der Waals surface area contributed by atoms with Crippen LogP contribution in [0.15, 0.2) is 53.0 Å². The van der Waals surface area contributed by atoms with Crippen molar-refractivity contribution in [1.82, 2.24) is 15.5 Å². The van der Waals surface area contributed by atoms with E-state index >= 15 is 0 Å². The van der Waals surface area contributed by atoms with Gasteiger partial charge >= 0.3 is 6.03 Å². The zero-order chi connectivity index (χ0) is 16.7.